The Bertz CT molecular complexity index is 454. The lowest BCUT2D eigenvalue weighted by Crippen LogP contribution is -2.24. The van der Waals surface area contributed by atoms with Crippen molar-refractivity contribution in [1.82, 2.24) is 5.32 Å². The smallest absolute Gasteiger partial charge is 0.414 e. The molecule has 0 aliphatic carbocycles. The molecule has 0 amide bonds. The Balaban J connectivity index is 0.000000567. The number of aliphatic hydroxyl groups excluding tert-OH is 1. The lowest BCUT2D eigenvalue weighted by Gasteiger charge is -2.09. The van der Waals surface area contributed by atoms with Gasteiger partial charge in [0, 0.05) is 13.1 Å². The zero-order valence-electron chi connectivity index (χ0n) is 11.5. The third-order valence-electron chi connectivity index (χ3n) is 2.10. The van der Waals surface area contributed by atoms with Crippen molar-refractivity contribution in [2.24, 2.45) is 0 Å². The van der Waals surface area contributed by atoms with Crippen LogP contribution in [0.4, 0.5) is 0 Å². The zero-order chi connectivity index (χ0) is 16.3. The van der Waals surface area contributed by atoms with Crippen molar-refractivity contribution in [2.45, 2.75) is 6.92 Å². The quantitative estimate of drug-likeness (QED) is 0.437. The molecule has 0 atom stereocenters. The van der Waals surface area contributed by atoms with E-state index in [9.17, 15) is 0 Å². The highest BCUT2D eigenvalue weighted by atomic mass is 79.9. The molecule has 0 unspecified atom stereocenters. The molecule has 21 heavy (non-hydrogen) atoms. The van der Waals surface area contributed by atoms with Crippen LogP contribution in [0.25, 0.3) is 0 Å². The van der Waals surface area contributed by atoms with Crippen LogP contribution in [0.15, 0.2) is 22.7 Å². The van der Waals surface area contributed by atoms with Crippen LogP contribution in [0.3, 0.4) is 0 Å². The van der Waals surface area contributed by atoms with Gasteiger partial charge in [0.2, 0.25) is 0 Å². The minimum Gasteiger partial charge on any atom is -0.491 e. The van der Waals surface area contributed by atoms with Crippen molar-refractivity contribution in [1.29, 1.82) is 0 Å². The topological polar surface area (TPSA) is 116 Å². The third kappa shape index (κ3) is 9.83. The van der Waals surface area contributed by atoms with Gasteiger partial charge < -0.3 is 25.4 Å². The SMILES string of the molecule is Cc1ccc(OCCNCCO)c(Br)c1.O=C(O)C(=O)O. The summed E-state index contributed by atoms with van der Waals surface area (Å²) < 4.78 is 6.52. The highest BCUT2D eigenvalue weighted by Gasteiger charge is 2.04. The van der Waals surface area contributed by atoms with E-state index in [1.54, 1.807) is 0 Å². The van der Waals surface area contributed by atoms with E-state index in [1.807, 2.05) is 25.1 Å². The number of carboxylic acids is 2. The highest BCUT2D eigenvalue weighted by Crippen LogP contribution is 2.25. The van der Waals surface area contributed by atoms with E-state index in [2.05, 4.69) is 21.2 Å². The van der Waals surface area contributed by atoms with Crippen LogP contribution < -0.4 is 10.1 Å². The maximum absolute atomic E-state index is 9.10. The van der Waals surface area contributed by atoms with Crippen LogP contribution in [0.2, 0.25) is 0 Å². The fourth-order valence-electron chi connectivity index (χ4n) is 1.16. The second-order valence-corrected chi connectivity index (χ2v) is 4.72. The average Bonchev–Trinajstić information content (AvgIpc) is 2.41. The largest absolute Gasteiger partial charge is 0.491 e. The van der Waals surface area contributed by atoms with E-state index in [1.165, 1.54) is 5.56 Å². The summed E-state index contributed by atoms with van der Waals surface area (Å²) in [6.07, 6.45) is 0. The summed E-state index contributed by atoms with van der Waals surface area (Å²) in [6.45, 7) is 4.15. The summed E-state index contributed by atoms with van der Waals surface area (Å²) >= 11 is 3.44. The van der Waals surface area contributed by atoms with Crippen molar-refractivity contribution in [3.63, 3.8) is 0 Å². The molecule has 118 valence electrons. The maximum atomic E-state index is 9.10. The van der Waals surface area contributed by atoms with Crippen LogP contribution in [0.5, 0.6) is 5.75 Å². The van der Waals surface area contributed by atoms with E-state index in [4.69, 9.17) is 29.6 Å². The number of benzene rings is 1. The summed E-state index contributed by atoms with van der Waals surface area (Å²) in [5, 5.41) is 26.4. The standard InChI is InChI=1S/C11H16BrNO2.C2H2O4/c1-9-2-3-11(10(12)8-9)15-7-5-13-4-6-14;3-1(4)2(5)6/h2-3,8,13-14H,4-7H2,1H3;(H,3,4)(H,5,6). The first-order chi connectivity index (χ1) is 9.88. The van der Waals surface area contributed by atoms with Gasteiger partial charge in [-0.1, -0.05) is 6.07 Å². The fourth-order valence-corrected chi connectivity index (χ4v) is 1.77. The van der Waals surface area contributed by atoms with Crippen LogP contribution >= 0.6 is 15.9 Å². The molecule has 8 heteroatoms. The second-order valence-electron chi connectivity index (χ2n) is 3.87. The average molecular weight is 364 g/mol. The Hall–Kier alpha value is -1.64. The van der Waals surface area contributed by atoms with Crippen molar-refractivity contribution >= 4 is 27.9 Å². The Morgan fingerprint density at radius 1 is 1.24 bits per heavy atom. The predicted octanol–water partition coefficient (Wildman–Crippen LogP) is 0.874. The molecular formula is C13H18BrNO6. The molecule has 4 N–H and O–H groups in total. The number of ether oxygens (including phenoxy) is 1. The van der Waals surface area contributed by atoms with Gasteiger partial charge in [-0.3, -0.25) is 0 Å². The molecule has 0 fully saturated rings. The Morgan fingerprint density at radius 2 is 1.86 bits per heavy atom. The van der Waals surface area contributed by atoms with Gasteiger partial charge in [-0.25, -0.2) is 9.59 Å². The van der Waals surface area contributed by atoms with Gasteiger partial charge in [0.05, 0.1) is 11.1 Å². The number of nitrogens with one attached hydrogen (secondary N) is 1. The van der Waals surface area contributed by atoms with Gasteiger partial charge in [0.1, 0.15) is 12.4 Å². The molecule has 0 aromatic heterocycles. The molecule has 1 aromatic carbocycles. The number of rotatable bonds is 6. The summed E-state index contributed by atoms with van der Waals surface area (Å²) in [6, 6.07) is 5.99. The Labute approximate surface area is 130 Å². The van der Waals surface area contributed by atoms with E-state index >= 15 is 0 Å². The molecule has 0 saturated carbocycles. The zero-order valence-corrected chi connectivity index (χ0v) is 13.1. The molecule has 7 nitrogen and oxygen atoms in total. The number of aliphatic carboxylic acids is 2. The second kappa shape index (κ2) is 11.1. The summed E-state index contributed by atoms with van der Waals surface area (Å²) in [7, 11) is 0. The van der Waals surface area contributed by atoms with Crippen LogP contribution in [0.1, 0.15) is 5.56 Å². The van der Waals surface area contributed by atoms with E-state index in [0.29, 0.717) is 13.2 Å². The van der Waals surface area contributed by atoms with Crippen molar-refractivity contribution in [3.8, 4) is 5.75 Å². The molecule has 0 spiro atoms. The van der Waals surface area contributed by atoms with Crippen molar-refractivity contribution < 1.29 is 29.6 Å². The number of hydrogen-bond acceptors (Lipinski definition) is 5. The molecule has 0 aliphatic heterocycles. The fraction of sp³-hybridized carbons (Fsp3) is 0.385. The van der Waals surface area contributed by atoms with Crippen LogP contribution in [-0.4, -0.2) is 53.6 Å². The van der Waals surface area contributed by atoms with Gasteiger partial charge in [0.15, 0.2) is 0 Å². The first-order valence-corrected chi connectivity index (χ1v) is 6.84. The Morgan fingerprint density at radius 3 is 2.33 bits per heavy atom. The molecule has 1 aromatic rings. The lowest BCUT2D eigenvalue weighted by atomic mass is 10.2. The number of hydrogen-bond donors (Lipinski definition) is 4. The maximum Gasteiger partial charge on any atom is 0.414 e. The van der Waals surface area contributed by atoms with Crippen molar-refractivity contribution in [3.05, 3.63) is 28.2 Å². The number of aryl methyl sites for hydroxylation is 1. The van der Waals surface area contributed by atoms with Gasteiger partial charge in [-0.05, 0) is 40.5 Å². The lowest BCUT2D eigenvalue weighted by molar-refractivity contribution is -0.159. The molecule has 0 bridgehead atoms. The van der Waals surface area contributed by atoms with E-state index in [-0.39, 0.29) is 6.61 Å². The van der Waals surface area contributed by atoms with Crippen LogP contribution in [-0.2, 0) is 9.59 Å². The van der Waals surface area contributed by atoms with E-state index in [0.717, 1.165) is 16.8 Å². The normalized spacial score (nSPS) is 9.48. The van der Waals surface area contributed by atoms with Gasteiger partial charge in [-0.2, -0.15) is 0 Å². The number of carbonyl (C=O) groups is 2. The van der Waals surface area contributed by atoms with Gasteiger partial charge in [0.25, 0.3) is 0 Å². The summed E-state index contributed by atoms with van der Waals surface area (Å²) in [4.78, 5) is 18.2. The molecular weight excluding hydrogens is 346 g/mol. The monoisotopic (exact) mass is 363 g/mol. The minimum atomic E-state index is -1.82. The first-order valence-electron chi connectivity index (χ1n) is 6.05. The molecule has 0 radical (unpaired) electrons. The Kier molecular flexibility index (Phi) is 10.2. The van der Waals surface area contributed by atoms with Crippen LogP contribution in [0, 0.1) is 6.92 Å². The molecule has 1 rings (SSSR count). The summed E-state index contributed by atoms with van der Waals surface area (Å²) in [5.41, 5.74) is 1.20. The number of aliphatic hydroxyl groups is 1. The number of carboxylic acid groups (broad SMARTS) is 2. The van der Waals surface area contributed by atoms with Gasteiger partial charge >= 0.3 is 11.9 Å². The molecule has 0 aliphatic rings. The minimum absolute atomic E-state index is 0.161. The summed E-state index contributed by atoms with van der Waals surface area (Å²) in [5.74, 6) is -2.80. The van der Waals surface area contributed by atoms with Crippen molar-refractivity contribution in [2.75, 3.05) is 26.3 Å². The molecule has 0 heterocycles. The van der Waals surface area contributed by atoms with E-state index < -0.39 is 11.9 Å². The first kappa shape index (κ1) is 19.4. The number of halogens is 1. The van der Waals surface area contributed by atoms with Gasteiger partial charge in [-0.15, -0.1) is 0 Å². The molecule has 0 saturated heterocycles. The highest BCUT2D eigenvalue weighted by molar-refractivity contribution is 9.10. The predicted molar refractivity (Wildman–Crippen MR) is 79.6 cm³/mol. The third-order valence-corrected chi connectivity index (χ3v) is 2.72.